The molecule has 0 heterocycles. The van der Waals surface area contributed by atoms with E-state index < -0.39 is 11.9 Å². The van der Waals surface area contributed by atoms with E-state index in [9.17, 15) is 14.4 Å². The number of hydrogen-bond donors (Lipinski definition) is 2. The third-order valence-corrected chi connectivity index (χ3v) is 2.94. The number of nitrogens with one attached hydrogen (secondary N) is 2. The Kier molecular flexibility index (Phi) is 8.10. The molecule has 1 aromatic carbocycles. The maximum Gasteiger partial charge on any atom is 0.325 e. The third kappa shape index (κ3) is 6.55. The summed E-state index contributed by atoms with van der Waals surface area (Å²) in [5.74, 6) is -0.664. The van der Waals surface area contributed by atoms with Gasteiger partial charge in [-0.1, -0.05) is 6.92 Å². The molecule has 0 bridgehead atoms. The van der Waals surface area contributed by atoms with Crippen LogP contribution in [0.15, 0.2) is 18.2 Å². The molecular formula is C16H22N2O6. The fourth-order valence-corrected chi connectivity index (χ4v) is 1.71. The molecule has 0 fully saturated rings. The fraction of sp³-hybridized carbons (Fsp3) is 0.438. The molecule has 132 valence electrons. The van der Waals surface area contributed by atoms with Crippen LogP contribution in [0.1, 0.15) is 23.7 Å². The van der Waals surface area contributed by atoms with Gasteiger partial charge in [0, 0.05) is 18.2 Å². The first kappa shape index (κ1) is 19.3. The van der Waals surface area contributed by atoms with Crippen molar-refractivity contribution in [2.45, 2.75) is 13.3 Å². The smallest absolute Gasteiger partial charge is 0.325 e. The van der Waals surface area contributed by atoms with Gasteiger partial charge in [0.25, 0.3) is 11.8 Å². The van der Waals surface area contributed by atoms with Crippen LogP contribution in [-0.2, 0) is 14.3 Å². The normalized spacial score (nSPS) is 9.79. The molecule has 0 aliphatic heterocycles. The van der Waals surface area contributed by atoms with Crippen molar-refractivity contribution in [2.24, 2.45) is 0 Å². The Hall–Kier alpha value is -2.77. The average Bonchev–Trinajstić information content (AvgIpc) is 2.61. The lowest BCUT2D eigenvalue weighted by Crippen LogP contribution is -2.34. The maximum absolute atomic E-state index is 12.1. The summed E-state index contributed by atoms with van der Waals surface area (Å²) in [6.07, 6.45) is 0.791. The van der Waals surface area contributed by atoms with Crippen molar-refractivity contribution in [2.75, 3.05) is 33.9 Å². The Morgan fingerprint density at radius 2 is 1.62 bits per heavy atom. The molecule has 2 amide bonds. The van der Waals surface area contributed by atoms with Gasteiger partial charge in [0.2, 0.25) is 0 Å². The zero-order valence-corrected chi connectivity index (χ0v) is 14.0. The molecule has 0 saturated heterocycles. The molecule has 0 atom stereocenters. The monoisotopic (exact) mass is 338 g/mol. The van der Waals surface area contributed by atoms with Crippen molar-refractivity contribution >= 4 is 17.8 Å². The van der Waals surface area contributed by atoms with E-state index in [1.54, 1.807) is 6.07 Å². The van der Waals surface area contributed by atoms with Crippen LogP contribution in [0, 0.1) is 0 Å². The largest absolute Gasteiger partial charge is 0.497 e. The van der Waals surface area contributed by atoms with Crippen molar-refractivity contribution in [3.05, 3.63) is 23.8 Å². The Bertz CT molecular complexity index is 566. The summed E-state index contributed by atoms with van der Waals surface area (Å²) < 4.78 is 14.9. The zero-order chi connectivity index (χ0) is 17.9. The highest BCUT2D eigenvalue weighted by Gasteiger charge is 2.12. The number of methoxy groups -OCH3 is 2. The van der Waals surface area contributed by atoms with Gasteiger partial charge in [-0.2, -0.15) is 0 Å². The highest BCUT2D eigenvalue weighted by atomic mass is 16.5. The standard InChI is InChI=1S/C16H22N2O6/c1-4-5-17-14(19)10-24-15(20)9-18-16(21)11-6-12(22-2)8-13(7-11)23-3/h6-8H,4-5,9-10H2,1-3H3,(H,17,19)(H,18,21). The molecule has 8 heteroatoms. The van der Waals surface area contributed by atoms with Crippen LogP contribution < -0.4 is 20.1 Å². The predicted molar refractivity (Wildman–Crippen MR) is 86.1 cm³/mol. The summed E-state index contributed by atoms with van der Waals surface area (Å²) in [7, 11) is 2.94. The summed E-state index contributed by atoms with van der Waals surface area (Å²) in [4.78, 5) is 34.9. The van der Waals surface area contributed by atoms with E-state index in [1.165, 1.54) is 26.4 Å². The second-order valence-electron chi connectivity index (χ2n) is 4.79. The van der Waals surface area contributed by atoms with Crippen molar-refractivity contribution < 1.29 is 28.6 Å². The van der Waals surface area contributed by atoms with E-state index >= 15 is 0 Å². The third-order valence-electron chi connectivity index (χ3n) is 2.94. The van der Waals surface area contributed by atoms with Gasteiger partial charge in [0.1, 0.15) is 18.0 Å². The van der Waals surface area contributed by atoms with Gasteiger partial charge < -0.3 is 24.8 Å². The molecule has 0 spiro atoms. The predicted octanol–water partition coefficient (Wildman–Crippen LogP) is 0.503. The van der Waals surface area contributed by atoms with Crippen molar-refractivity contribution in [1.82, 2.24) is 10.6 Å². The van der Waals surface area contributed by atoms with Crippen LogP contribution in [0.4, 0.5) is 0 Å². The van der Waals surface area contributed by atoms with E-state index in [0.29, 0.717) is 18.0 Å². The summed E-state index contributed by atoms with van der Waals surface area (Å²) in [6, 6.07) is 4.66. The fourth-order valence-electron chi connectivity index (χ4n) is 1.71. The lowest BCUT2D eigenvalue weighted by Gasteiger charge is -2.09. The quantitative estimate of drug-likeness (QED) is 0.636. The first-order valence-electron chi connectivity index (χ1n) is 7.43. The number of rotatable bonds is 9. The van der Waals surface area contributed by atoms with E-state index in [0.717, 1.165) is 6.42 Å². The van der Waals surface area contributed by atoms with Gasteiger partial charge in [-0.25, -0.2) is 0 Å². The summed E-state index contributed by atoms with van der Waals surface area (Å²) >= 11 is 0. The Morgan fingerprint density at radius 3 is 2.17 bits per heavy atom. The maximum atomic E-state index is 12.1. The minimum absolute atomic E-state index is 0.277. The Balaban J connectivity index is 2.48. The van der Waals surface area contributed by atoms with Crippen LogP contribution in [0.25, 0.3) is 0 Å². The first-order valence-corrected chi connectivity index (χ1v) is 7.43. The second kappa shape index (κ2) is 10.1. The molecule has 8 nitrogen and oxygen atoms in total. The number of benzene rings is 1. The molecule has 1 rings (SSSR count). The van der Waals surface area contributed by atoms with Gasteiger partial charge in [-0.05, 0) is 18.6 Å². The van der Waals surface area contributed by atoms with Gasteiger partial charge in [-0.15, -0.1) is 0 Å². The zero-order valence-electron chi connectivity index (χ0n) is 14.0. The van der Waals surface area contributed by atoms with E-state index in [2.05, 4.69) is 10.6 Å². The lowest BCUT2D eigenvalue weighted by molar-refractivity contribution is -0.147. The van der Waals surface area contributed by atoms with E-state index in [1.807, 2.05) is 6.92 Å². The molecule has 0 aromatic heterocycles. The van der Waals surface area contributed by atoms with Gasteiger partial charge >= 0.3 is 5.97 Å². The molecule has 0 saturated carbocycles. The Morgan fingerprint density at radius 1 is 1.00 bits per heavy atom. The summed E-state index contributed by atoms with van der Waals surface area (Å²) in [5, 5.41) is 4.98. The Labute approximate surface area is 140 Å². The highest BCUT2D eigenvalue weighted by Crippen LogP contribution is 2.22. The number of esters is 1. The topological polar surface area (TPSA) is 103 Å². The minimum Gasteiger partial charge on any atom is -0.497 e. The SMILES string of the molecule is CCCNC(=O)COC(=O)CNC(=O)c1cc(OC)cc(OC)c1. The van der Waals surface area contributed by atoms with Crippen molar-refractivity contribution in [3.8, 4) is 11.5 Å². The number of carbonyl (C=O) groups excluding carboxylic acids is 3. The van der Waals surface area contributed by atoms with Crippen LogP contribution in [0.5, 0.6) is 11.5 Å². The molecular weight excluding hydrogens is 316 g/mol. The lowest BCUT2D eigenvalue weighted by atomic mass is 10.2. The summed E-state index contributed by atoms with van der Waals surface area (Å²) in [6.45, 7) is 1.71. The first-order chi connectivity index (χ1) is 11.5. The minimum atomic E-state index is -0.704. The van der Waals surface area contributed by atoms with Crippen LogP contribution in [-0.4, -0.2) is 51.7 Å². The molecule has 1 aromatic rings. The number of amides is 2. The van der Waals surface area contributed by atoms with Crippen molar-refractivity contribution in [3.63, 3.8) is 0 Å². The van der Waals surface area contributed by atoms with Gasteiger partial charge in [0.15, 0.2) is 6.61 Å². The van der Waals surface area contributed by atoms with E-state index in [4.69, 9.17) is 14.2 Å². The van der Waals surface area contributed by atoms with Crippen molar-refractivity contribution in [1.29, 1.82) is 0 Å². The molecule has 2 N–H and O–H groups in total. The molecule has 0 aliphatic carbocycles. The molecule has 24 heavy (non-hydrogen) atoms. The van der Waals surface area contributed by atoms with Gasteiger partial charge in [-0.3, -0.25) is 14.4 Å². The van der Waals surface area contributed by atoms with Gasteiger partial charge in [0.05, 0.1) is 14.2 Å². The van der Waals surface area contributed by atoms with Crippen LogP contribution in [0.3, 0.4) is 0 Å². The van der Waals surface area contributed by atoms with E-state index in [-0.39, 0.29) is 24.6 Å². The molecule has 0 aliphatic rings. The summed E-state index contributed by atoms with van der Waals surface area (Å²) in [5.41, 5.74) is 0.277. The second-order valence-corrected chi connectivity index (χ2v) is 4.79. The van der Waals surface area contributed by atoms with Crippen LogP contribution >= 0.6 is 0 Å². The molecule has 0 unspecified atom stereocenters. The number of carbonyl (C=O) groups is 3. The van der Waals surface area contributed by atoms with Crippen LogP contribution in [0.2, 0.25) is 0 Å². The number of ether oxygens (including phenoxy) is 3. The highest BCUT2D eigenvalue weighted by molar-refractivity contribution is 5.96. The molecule has 0 radical (unpaired) electrons. The average molecular weight is 338 g/mol. The number of hydrogen-bond acceptors (Lipinski definition) is 6.